The van der Waals surface area contributed by atoms with E-state index in [1.807, 2.05) is 0 Å². The van der Waals surface area contributed by atoms with Crippen LogP contribution in [0.5, 0.6) is 0 Å². The van der Waals surface area contributed by atoms with Gasteiger partial charge in [0.1, 0.15) is 0 Å². The average Bonchev–Trinajstić information content (AvgIpc) is 2.99. The van der Waals surface area contributed by atoms with Gasteiger partial charge in [-0.3, -0.25) is 0 Å². The first kappa shape index (κ1) is 14.8. The van der Waals surface area contributed by atoms with Crippen molar-refractivity contribution in [2.75, 3.05) is 25.9 Å². The van der Waals surface area contributed by atoms with Crippen LogP contribution in [0.4, 0.5) is 0 Å². The SMILES string of the molecule is CS(=O)(=O)N1CCCC(CC2(CN)CC3CCC2O3)C1. The number of fused-ring (bicyclic) bond motifs is 2. The van der Waals surface area contributed by atoms with Crippen molar-refractivity contribution in [2.24, 2.45) is 17.1 Å². The molecule has 3 aliphatic heterocycles. The highest BCUT2D eigenvalue weighted by atomic mass is 32.2. The molecule has 3 rings (SSSR count). The van der Waals surface area contributed by atoms with Gasteiger partial charge in [-0.15, -0.1) is 0 Å². The fourth-order valence-corrected chi connectivity index (χ4v) is 5.42. The third-order valence-corrected chi connectivity index (χ3v) is 6.75. The quantitative estimate of drug-likeness (QED) is 0.839. The Morgan fingerprint density at radius 3 is 2.70 bits per heavy atom. The number of ether oxygens (including phenoxy) is 1. The lowest BCUT2D eigenvalue weighted by atomic mass is 9.68. The van der Waals surface area contributed by atoms with Crippen LogP contribution in [0.2, 0.25) is 0 Å². The van der Waals surface area contributed by atoms with Crippen molar-refractivity contribution in [1.82, 2.24) is 4.31 Å². The molecule has 0 amide bonds. The van der Waals surface area contributed by atoms with E-state index in [0.717, 1.165) is 32.1 Å². The number of sulfonamides is 1. The summed E-state index contributed by atoms with van der Waals surface area (Å²) in [6.07, 6.45) is 8.51. The molecule has 4 atom stereocenters. The van der Waals surface area contributed by atoms with Gasteiger partial charge in [0.25, 0.3) is 0 Å². The maximum atomic E-state index is 11.7. The predicted molar refractivity (Wildman–Crippen MR) is 77.8 cm³/mol. The molecule has 3 heterocycles. The largest absolute Gasteiger partial charge is 0.374 e. The van der Waals surface area contributed by atoms with Gasteiger partial charge in [-0.05, 0) is 44.4 Å². The monoisotopic (exact) mass is 302 g/mol. The molecular formula is C14H26N2O3S. The molecule has 5 nitrogen and oxygen atoms in total. The third kappa shape index (κ3) is 2.63. The number of piperidine rings is 1. The smallest absolute Gasteiger partial charge is 0.211 e. The van der Waals surface area contributed by atoms with E-state index in [4.69, 9.17) is 10.5 Å². The van der Waals surface area contributed by atoms with E-state index < -0.39 is 10.0 Å². The highest BCUT2D eigenvalue weighted by Crippen LogP contribution is 2.51. The molecule has 20 heavy (non-hydrogen) atoms. The Balaban J connectivity index is 1.68. The zero-order valence-corrected chi connectivity index (χ0v) is 13.1. The fraction of sp³-hybridized carbons (Fsp3) is 1.00. The lowest BCUT2D eigenvalue weighted by Gasteiger charge is -2.40. The third-order valence-electron chi connectivity index (χ3n) is 5.48. The second-order valence-electron chi connectivity index (χ2n) is 6.93. The van der Waals surface area contributed by atoms with Gasteiger partial charge in [0, 0.05) is 25.0 Å². The molecule has 0 saturated carbocycles. The van der Waals surface area contributed by atoms with Crippen molar-refractivity contribution in [3.05, 3.63) is 0 Å². The van der Waals surface area contributed by atoms with Gasteiger partial charge in [0.2, 0.25) is 10.0 Å². The summed E-state index contributed by atoms with van der Waals surface area (Å²) >= 11 is 0. The van der Waals surface area contributed by atoms with Crippen molar-refractivity contribution in [2.45, 2.75) is 50.7 Å². The molecule has 116 valence electrons. The molecular weight excluding hydrogens is 276 g/mol. The van der Waals surface area contributed by atoms with E-state index in [0.29, 0.717) is 37.8 Å². The van der Waals surface area contributed by atoms with E-state index >= 15 is 0 Å². The van der Waals surface area contributed by atoms with Crippen LogP contribution in [0.15, 0.2) is 0 Å². The van der Waals surface area contributed by atoms with E-state index in [1.165, 1.54) is 12.7 Å². The molecule has 3 aliphatic rings. The van der Waals surface area contributed by atoms with Crippen LogP contribution in [0.3, 0.4) is 0 Å². The highest BCUT2D eigenvalue weighted by Gasteiger charge is 2.52. The summed E-state index contributed by atoms with van der Waals surface area (Å²) in [7, 11) is -3.06. The molecule has 0 aromatic heterocycles. The average molecular weight is 302 g/mol. The van der Waals surface area contributed by atoms with Crippen molar-refractivity contribution < 1.29 is 13.2 Å². The lowest BCUT2D eigenvalue weighted by molar-refractivity contribution is 0.0465. The minimum absolute atomic E-state index is 0.105. The first-order valence-electron chi connectivity index (χ1n) is 7.74. The van der Waals surface area contributed by atoms with E-state index in [1.54, 1.807) is 4.31 Å². The maximum Gasteiger partial charge on any atom is 0.211 e. The van der Waals surface area contributed by atoms with E-state index in [9.17, 15) is 8.42 Å². The second-order valence-corrected chi connectivity index (χ2v) is 8.91. The molecule has 4 unspecified atom stereocenters. The molecule has 3 saturated heterocycles. The predicted octanol–water partition coefficient (Wildman–Crippen LogP) is 0.945. The normalized spacial score (nSPS) is 42.2. The Hall–Kier alpha value is -0.170. The maximum absolute atomic E-state index is 11.7. The zero-order chi connectivity index (χ0) is 14.4. The molecule has 2 N–H and O–H groups in total. The summed E-state index contributed by atoms with van der Waals surface area (Å²) in [6.45, 7) is 2.01. The minimum atomic E-state index is -3.06. The number of hydrogen-bond donors (Lipinski definition) is 1. The Morgan fingerprint density at radius 2 is 2.15 bits per heavy atom. The van der Waals surface area contributed by atoms with Crippen molar-refractivity contribution in [3.63, 3.8) is 0 Å². The highest BCUT2D eigenvalue weighted by molar-refractivity contribution is 7.88. The number of nitrogens with two attached hydrogens (primary N) is 1. The van der Waals surface area contributed by atoms with Gasteiger partial charge in [0.15, 0.2) is 0 Å². The molecule has 0 radical (unpaired) electrons. The van der Waals surface area contributed by atoms with Crippen LogP contribution in [-0.4, -0.2) is 50.8 Å². The Bertz CT molecular complexity index is 467. The van der Waals surface area contributed by atoms with Crippen molar-refractivity contribution in [3.8, 4) is 0 Å². The van der Waals surface area contributed by atoms with Gasteiger partial charge in [-0.25, -0.2) is 12.7 Å². The Morgan fingerprint density at radius 1 is 1.35 bits per heavy atom. The lowest BCUT2D eigenvalue weighted by Crippen LogP contribution is -2.45. The summed E-state index contributed by atoms with van der Waals surface area (Å²) in [6, 6.07) is 0. The molecule has 3 fully saturated rings. The van der Waals surface area contributed by atoms with Crippen LogP contribution in [0.1, 0.15) is 38.5 Å². The molecule has 0 spiro atoms. The summed E-state index contributed by atoms with van der Waals surface area (Å²) < 4.78 is 31.1. The summed E-state index contributed by atoms with van der Waals surface area (Å²) in [5.41, 5.74) is 6.19. The molecule has 2 bridgehead atoms. The van der Waals surface area contributed by atoms with Crippen LogP contribution >= 0.6 is 0 Å². The topological polar surface area (TPSA) is 72.6 Å². The molecule has 0 aromatic carbocycles. The fourth-order valence-electron chi connectivity index (χ4n) is 4.47. The van der Waals surface area contributed by atoms with Gasteiger partial charge in [-0.1, -0.05) is 0 Å². The standard InChI is InChI=1S/C14H26N2O3S/c1-20(17,18)16-6-2-3-11(9-16)7-14(10-15)8-12-4-5-13(14)19-12/h11-13H,2-10,15H2,1H3. The number of nitrogens with zero attached hydrogens (tertiary/aromatic N) is 1. The summed E-state index contributed by atoms with van der Waals surface area (Å²) in [5.74, 6) is 0.435. The zero-order valence-electron chi connectivity index (χ0n) is 12.3. The molecule has 6 heteroatoms. The van der Waals surface area contributed by atoms with Crippen molar-refractivity contribution in [1.29, 1.82) is 0 Å². The van der Waals surface area contributed by atoms with Crippen LogP contribution in [-0.2, 0) is 14.8 Å². The van der Waals surface area contributed by atoms with E-state index in [-0.39, 0.29) is 5.41 Å². The van der Waals surface area contributed by atoms with Crippen LogP contribution in [0.25, 0.3) is 0 Å². The van der Waals surface area contributed by atoms with Crippen molar-refractivity contribution >= 4 is 10.0 Å². The summed E-state index contributed by atoms with van der Waals surface area (Å²) in [5, 5.41) is 0. The van der Waals surface area contributed by atoms with Gasteiger partial charge in [0.05, 0.1) is 18.5 Å². The van der Waals surface area contributed by atoms with Crippen LogP contribution in [0, 0.1) is 11.3 Å². The van der Waals surface area contributed by atoms with Gasteiger partial charge >= 0.3 is 0 Å². The molecule has 0 aromatic rings. The second kappa shape index (κ2) is 5.23. The summed E-state index contributed by atoms with van der Waals surface area (Å²) in [4.78, 5) is 0. The van der Waals surface area contributed by atoms with Gasteiger partial charge < -0.3 is 10.5 Å². The Labute approximate surface area is 121 Å². The first-order chi connectivity index (χ1) is 9.43. The minimum Gasteiger partial charge on any atom is -0.374 e. The number of rotatable bonds is 4. The Kier molecular flexibility index (Phi) is 3.86. The van der Waals surface area contributed by atoms with Gasteiger partial charge in [-0.2, -0.15) is 0 Å². The van der Waals surface area contributed by atoms with E-state index in [2.05, 4.69) is 0 Å². The molecule has 0 aliphatic carbocycles. The van der Waals surface area contributed by atoms with Crippen LogP contribution < -0.4 is 5.73 Å². The first-order valence-corrected chi connectivity index (χ1v) is 9.58. The number of hydrogen-bond acceptors (Lipinski definition) is 4.